The number of anilines is 1. The van der Waals surface area contributed by atoms with Crippen LogP contribution in [0.2, 0.25) is 0 Å². The number of hydrogen-bond acceptors (Lipinski definition) is 2. The SMILES string of the molecule is CC(C)N(CC1CC1)c1cccc(F)c1CCN. The van der Waals surface area contributed by atoms with E-state index in [9.17, 15) is 4.39 Å². The highest BCUT2D eigenvalue weighted by Crippen LogP contribution is 2.34. The maximum absolute atomic E-state index is 13.9. The van der Waals surface area contributed by atoms with Gasteiger partial charge in [0.25, 0.3) is 0 Å². The van der Waals surface area contributed by atoms with Crippen LogP contribution in [-0.4, -0.2) is 19.1 Å². The van der Waals surface area contributed by atoms with Crippen LogP contribution in [0.25, 0.3) is 0 Å². The van der Waals surface area contributed by atoms with Crippen LogP contribution in [0.1, 0.15) is 32.3 Å². The number of hydrogen-bond donors (Lipinski definition) is 1. The molecule has 100 valence electrons. The van der Waals surface area contributed by atoms with Crippen LogP contribution in [0.15, 0.2) is 18.2 Å². The lowest BCUT2D eigenvalue weighted by atomic mass is 10.1. The van der Waals surface area contributed by atoms with E-state index in [1.807, 2.05) is 6.07 Å². The van der Waals surface area contributed by atoms with E-state index in [0.29, 0.717) is 19.0 Å². The van der Waals surface area contributed by atoms with E-state index in [2.05, 4.69) is 18.7 Å². The van der Waals surface area contributed by atoms with E-state index in [1.54, 1.807) is 6.07 Å². The lowest BCUT2D eigenvalue weighted by molar-refractivity contribution is 0.598. The van der Waals surface area contributed by atoms with E-state index < -0.39 is 0 Å². The molecular weight excluding hydrogens is 227 g/mol. The molecule has 1 aromatic rings. The molecule has 0 unspecified atom stereocenters. The Morgan fingerprint density at radius 2 is 2.11 bits per heavy atom. The van der Waals surface area contributed by atoms with Gasteiger partial charge < -0.3 is 10.6 Å². The van der Waals surface area contributed by atoms with Crippen molar-refractivity contribution in [1.29, 1.82) is 0 Å². The van der Waals surface area contributed by atoms with Crippen molar-refractivity contribution in [2.75, 3.05) is 18.0 Å². The third-order valence-electron chi connectivity index (χ3n) is 3.57. The van der Waals surface area contributed by atoms with Crippen LogP contribution in [0.4, 0.5) is 10.1 Å². The van der Waals surface area contributed by atoms with Gasteiger partial charge in [0.15, 0.2) is 0 Å². The summed E-state index contributed by atoms with van der Waals surface area (Å²) >= 11 is 0. The van der Waals surface area contributed by atoms with Crippen molar-refractivity contribution in [3.8, 4) is 0 Å². The average Bonchev–Trinajstić information content (AvgIpc) is 3.13. The van der Waals surface area contributed by atoms with Gasteiger partial charge in [-0.25, -0.2) is 4.39 Å². The first-order chi connectivity index (χ1) is 8.63. The van der Waals surface area contributed by atoms with Crippen molar-refractivity contribution in [2.24, 2.45) is 11.7 Å². The van der Waals surface area contributed by atoms with Crippen molar-refractivity contribution < 1.29 is 4.39 Å². The summed E-state index contributed by atoms with van der Waals surface area (Å²) < 4.78 is 13.9. The highest BCUT2D eigenvalue weighted by Gasteiger charge is 2.27. The summed E-state index contributed by atoms with van der Waals surface area (Å²) in [6.45, 7) is 5.86. The first-order valence-electron chi connectivity index (χ1n) is 6.87. The van der Waals surface area contributed by atoms with Crippen LogP contribution in [-0.2, 0) is 6.42 Å². The van der Waals surface area contributed by atoms with Crippen molar-refractivity contribution in [3.05, 3.63) is 29.6 Å². The van der Waals surface area contributed by atoms with Crippen molar-refractivity contribution in [1.82, 2.24) is 0 Å². The van der Waals surface area contributed by atoms with Crippen LogP contribution >= 0.6 is 0 Å². The fourth-order valence-electron chi connectivity index (χ4n) is 2.37. The molecule has 0 radical (unpaired) electrons. The summed E-state index contributed by atoms with van der Waals surface area (Å²) in [6.07, 6.45) is 3.23. The molecule has 1 aliphatic rings. The summed E-state index contributed by atoms with van der Waals surface area (Å²) in [7, 11) is 0. The Hall–Kier alpha value is -1.09. The zero-order valence-corrected chi connectivity index (χ0v) is 11.3. The molecule has 0 aliphatic heterocycles. The van der Waals surface area contributed by atoms with Gasteiger partial charge in [-0.1, -0.05) is 6.07 Å². The second-order valence-corrected chi connectivity index (χ2v) is 5.47. The molecule has 0 heterocycles. The summed E-state index contributed by atoms with van der Waals surface area (Å²) in [4.78, 5) is 2.33. The van der Waals surface area contributed by atoms with Gasteiger partial charge in [-0.2, -0.15) is 0 Å². The van der Waals surface area contributed by atoms with Gasteiger partial charge in [0.1, 0.15) is 5.82 Å². The molecule has 3 heteroatoms. The van der Waals surface area contributed by atoms with Gasteiger partial charge >= 0.3 is 0 Å². The normalized spacial score (nSPS) is 15.2. The molecule has 0 bridgehead atoms. The van der Waals surface area contributed by atoms with E-state index in [0.717, 1.165) is 23.7 Å². The molecular formula is C15H23FN2. The molecule has 1 saturated carbocycles. The molecule has 0 spiro atoms. The summed E-state index contributed by atoms with van der Waals surface area (Å²) in [5.41, 5.74) is 7.41. The highest BCUT2D eigenvalue weighted by atomic mass is 19.1. The zero-order chi connectivity index (χ0) is 13.1. The molecule has 1 aliphatic carbocycles. The van der Waals surface area contributed by atoms with Crippen molar-refractivity contribution >= 4 is 5.69 Å². The Kier molecular flexibility index (Phi) is 4.23. The minimum Gasteiger partial charge on any atom is -0.369 e. The molecule has 2 nitrogen and oxygen atoms in total. The molecule has 2 rings (SSSR count). The summed E-state index contributed by atoms with van der Waals surface area (Å²) in [6, 6.07) is 5.75. The minimum absolute atomic E-state index is 0.126. The molecule has 2 N–H and O–H groups in total. The van der Waals surface area contributed by atoms with Crippen LogP contribution in [0, 0.1) is 11.7 Å². The fourth-order valence-corrected chi connectivity index (χ4v) is 2.37. The van der Waals surface area contributed by atoms with Crippen molar-refractivity contribution in [3.63, 3.8) is 0 Å². The van der Waals surface area contributed by atoms with Gasteiger partial charge in [-0.05, 0) is 57.7 Å². The standard InChI is InChI=1S/C15H23FN2/c1-11(2)18(10-12-6-7-12)15-5-3-4-14(16)13(15)8-9-17/h3-5,11-12H,6-10,17H2,1-2H3. The molecule has 0 aromatic heterocycles. The Morgan fingerprint density at radius 3 is 2.67 bits per heavy atom. The number of benzene rings is 1. The maximum Gasteiger partial charge on any atom is 0.128 e. The first kappa shape index (κ1) is 13.3. The zero-order valence-electron chi connectivity index (χ0n) is 11.3. The predicted molar refractivity (Wildman–Crippen MR) is 74.4 cm³/mol. The number of nitrogens with two attached hydrogens (primary N) is 1. The van der Waals surface area contributed by atoms with E-state index in [4.69, 9.17) is 5.73 Å². The average molecular weight is 250 g/mol. The smallest absolute Gasteiger partial charge is 0.128 e. The van der Waals surface area contributed by atoms with Gasteiger partial charge in [-0.3, -0.25) is 0 Å². The Morgan fingerprint density at radius 1 is 1.39 bits per heavy atom. The third-order valence-corrected chi connectivity index (χ3v) is 3.57. The van der Waals surface area contributed by atoms with Crippen molar-refractivity contribution in [2.45, 2.75) is 39.2 Å². The monoisotopic (exact) mass is 250 g/mol. The molecule has 1 aromatic carbocycles. The number of nitrogens with zero attached hydrogens (tertiary/aromatic N) is 1. The van der Waals surface area contributed by atoms with Gasteiger partial charge in [0.05, 0.1) is 0 Å². The highest BCUT2D eigenvalue weighted by molar-refractivity contribution is 5.55. The second-order valence-electron chi connectivity index (χ2n) is 5.47. The summed E-state index contributed by atoms with van der Waals surface area (Å²) in [5.74, 6) is 0.667. The lowest BCUT2D eigenvalue weighted by Gasteiger charge is -2.31. The van der Waals surface area contributed by atoms with Gasteiger partial charge in [0.2, 0.25) is 0 Å². The Labute approximate surface area is 109 Å². The second kappa shape index (κ2) is 5.70. The van der Waals surface area contributed by atoms with E-state index in [-0.39, 0.29) is 5.82 Å². The molecule has 0 saturated heterocycles. The van der Waals surface area contributed by atoms with Gasteiger partial charge in [0, 0.05) is 23.8 Å². The largest absolute Gasteiger partial charge is 0.369 e. The number of halogens is 1. The van der Waals surface area contributed by atoms with Crippen LogP contribution < -0.4 is 10.6 Å². The molecule has 0 amide bonds. The van der Waals surface area contributed by atoms with E-state index in [1.165, 1.54) is 18.9 Å². The molecule has 0 atom stereocenters. The summed E-state index contributed by atoms with van der Waals surface area (Å²) in [5, 5.41) is 0. The molecule has 18 heavy (non-hydrogen) atoms. The van der Waals surface area contributed by atoms with E-state index >= 15 is 0 Å². The minimum atomic E-state index is -0.126. The molecule has 1 fully saturated rings. The predicted octanol–water partition coefficient (Wildman–Crippen LogP) is 2.95. The van der Waals surface area contributed by atoms with Crippen LogP contribution in [0.3, 0.4) is 0 Å². The number of rotatable bonds is 6. The Bertz CT molecular complexity index is 399. The van der Waals surface area contributed by atoms with Crippen LogP contribution in [0.5, 0.6) is 0 Å². The van der Waals surface area contributed by atoms with Gasteiger partial charge in [-0.15, -0.1) is 0 Å². The Balaban J connectivity index is 2.29. The third kappa shape index (κ3) is 3.02. The fraction of sp³-hybridized carbons (Fsp3) is 0.600. The maximum atomic E-state index is 13.9. The lowest BCUT2D eigenvalue weighted by Crippen LogP contribution is -2.34. The topological polar surface area (TPSA) is 29.3 Å². The quantitative estimate of drug-likeness (QED) is 0.841. The first-order valence-corrected chi connectivity index (χ1v) is 6.87.